The first-order valence-electron chi connectivity index (χ1n) is 8.86. The van der Waals surface area contributed by atoms with Crippen LogP contribution in [-0.4, -0.2) is 15.9 Å². The molecule has 25 heavy (non-hydrogen) atoms. The van der Waals surface area contributed by atoms with Crippen molar-refractivity contribution >= 4 is 16.9 Å². The largest absolute Gasteiger partial charge is 0.350 e. The van der Waals surface area contributed by atoms with Crippen molar-refractivity contribution < 1.29 is 4.79 Å². The molecule has 2 aromatic carbocycles. The molecule has 0 aliphatic rings. The molecule has 3 rings (SSSR count). The van der Waals surface area contributed by atoms with Gasteiger partial charge in [0.25, 0.3) is 0 Å². The van der Waals surface area contributed by atoms with Crippen LogP contribution in [-0.2, 0) is 11.2 Å². The topological polar surface area (TPSA) is 57.8 Å². The second-order valence-electron chi connectivity index (χ2n) is 6.83. The van der Waals surface area contributed by atoms with Crippen LogP contribution in [0.3, 0.4) is 0 Å². The molecule has 4 heteroatoms. The highest BCUT2D eigenvalue weighted by atomic mass is 16.1. The number of nitrogens with one attached hydrogen (secondary N) is 2. The summed E-state index contributed by atoms with van der Waals surface area (Å²) in [7, 11) is 0. The summed E-state index contributed by atoms with van der Waals surface area (Å²) in [5.41, 5.74) is 4.29. The highest BCUT2D eigenvalue weighted by Crippen LogP contribution is 2.19. The summed E-state index contributed by atoms with van der Waals surface area (Å²) in [6.07, 6.45) is 1.20. The number of benzene rings is 2. The molecule has 0 radical (unpaired) electrons. The summed E-state index contributed by atoms with van der Waals surface area (Å²) < 4.78 is 0. The molecule has 1 amide bonds. The molecule has 1 atom stereocenters. The minimum absolute atomic E-state index is 0.0254. The van der Waals surface area contributed by atoms with E-state index in [0.29, 0.717) is 12.3 Å². The molecule has 4 nitrogen and oxygen atoms in total. The number of hydrogen-bond acceptors (Lipinski definition) is 2. The van der Waals surface area contributed by atoms with Gasteiger partial charge in [-0.15, -0.1) is 0 Å². The van der Waals surface area contributed by atoms with Crippen molar-refractivity contribution in [3.63, 3.8) is 0 Å². The lowest BCUT2D eigenvalue weighted by atomic mass is 10.1. The van der Waals surface area contributed by atoms with Gasteiger partial charge >= 0.3 is 0 Å². The van der Waals surface area contributed by atoms with Crippen LogP contribution < -0.4 is 5.32 Å². The Bertz CT molecular complexity index is 852. The number of aromatic amines is 1. The van der Waals surface area contributed by atoms with E-state index in [1.54, 1.807) is 0 Å². The summed E-state index contributed by atoms with van der Waals surface area (Å²) in [4.78, 5) is 20.2. The Morgan fingerprint density at radius 1 is 1.12 bits per heavy atom. The first-order chi connectivity index (χ1) is 12.0. The van der Waals surface area contributed by atoms with Gasteiger partial charge < -0.3 is 10.3 Å². The summed E-state index contributed by atoms with van der Waals surface area (Å²) in [5.74, 6) is 1.45. The van der Waals surface area contributed by atoms with Crippen LogP contribution in [0.25, 0.3) is 11.0 Å². The van der Waals surface area contributed by atoms with Crippen molar-refractivity contribution in [1.82, 2.24) is 15.3 Å². The zero-order chi connectivity index (χ0) is 17.8. The van der Waals surface area contributed by atoms with Crippen molar-refractivity contribution in [2.75, 3.05) is 0 Å². The lowest BCUT2D eigenvalue weighted by molar-refractivity contribution is -0.121. The van der Waals surface area contributed by atoms with Crippen molar-refractivity contribution in [2.24, 2.45) is 0 Å². The average Bonchev–Trinajstić information content (AvgIpc) is 3.04. The van der Waals surface area contributed by atoms with Gasteiger partial charge in [0.15, 0.2) is 0 Å². The van der Waals surface area contributed by atoms with Gasteiger partial charge in [0.1, 0.15) is 5.82 Å². The Kier molecular flexibility index (Phi) is 5.17. The third-order valence-corrected chi connectivity index (χ3v) is 4.43. The molecule has 2 N–H and O–H groups in total. The van der Waals surface area contributed by atoms with Crippen LogP contribution >= 0.6 is 0 Å². The molecule has 0 aliphatic carbocycles. The van der Waals surface area contributed by atoms with E-state index in [-0.39, 0.29) is 11.9 Å². The fourth-order valence-corrected chi connectivity index (χ4v) is 2.90. The first-order valence-corrected chi connectivity index (χ1v) is 8.86. The van der Waals surface area contributed by atoms with Crippen LogP contribution in [0.4, 0.5) is 0 Å². The van der Waals surface area contributed by atoms with Crippen molar-refractivity contribution in [2.45, 2.75) is 45.6 Å². The Balaban J connectivity index is 1.59. The van der Waals surface area contributed by atoms with Crippen molar-refractivity contribution in [1.29, 1.82) is 0 Å². The number of H-pyrrole nitrogens is 1. The number of amides is 1. The second-order valence-corrected chi connectivity index (χ2v) is 6.83. The minimum atomic E-state index is 0.0254. The summed E-state index contributed by atoms with van der Waals surface area (Å²) in [6.45, 7) is 6.26. The second kappa shape index (κ2) is 7.51. The SMILES string of the molecule is CC(C)c1nc2ccc(CCC(=O)NC(C)c3ccccc3)cc2[nH]1. The van der Waals surface area contributed by atoms with Gasteiger partial charge in [-0.25, -0.2) is 4.98 Å². The maximum Gasteiger partial charge on any atom is 0.220 e. The zero-order valence-electron chi connectivity index (χ0n) is 15.0. The Morgan fingerprint density at radius 2 is 1.88 bits per heavy atom. The van der Waals surface area contributed by atoms with E-state index in [9.17, 15) is 4.79 Å². The number of aromatic nitrogens is 2. The summed E-state index contributed by atoms with van der Waals surface area (Å²) in [5, 5.41) is 3.06. The van der Waals surface area contributed by atoms with Gasteiger partial charge in [0.05, 0.1) is 17.1 Å². The number of imidazole rings is 1. The Labute approximate surface area is 148 Å². The molecule has 1 unspecified atom stereocenters. The van der Waals surface area contributed by atoms with Crippen LogP contribution in [0.2, 0.25) is 0 Å². The van der Waals surface area contributed by atoms with E-state index in [4.69, 9.17) is 0 Å². The number of fused-ring (bicyclic) bond motifs is 1. The molecule has 0 saturated carbocycles. The molecule has 130 valence electrons. The Hall–Kier alpha value is -2.62. The van der Waals surface area contributed by atoms with Gasteiger partial charge in [-0.1, -0.05) is 50.2 Å². The van der Waals surface area contributed by atoms with E-state index in [2.05, 4.69) is 41.3 Å². The van der Waals surface area contributed by atoms with E-state index in [1.165, 1.54) is 0 Å². The van der Waals surface area contributed by atoms with Crippen LogP contribution in [0.1, 0.15) is 56.1 Å². The smallest absolute Gasteiger partial charge is 0.220 e. The molecule has 0 spiro atoms. The number of aryl methyl sites for hydroxylation is 1. The highest BCUT2D eigenvalue weighted by molar-refractivity contribution is 5.78. The van der Waals surface area contributed by atoms with Gasteiger partial charge in [0, 0.05) is 12.3 Å². The summed E-state index contributed by atoms with van der Waals surface area (Å²) in [6, 6.07) is 16.2. The molecule has 0 saturated heterocycles. The maximum atomic E-state index is 12.2. The van der Waals surface area contributed by atoms with E-state index in [0.717, 1.165) is 34.4 Å². The van der Waals surface area contributed by atoms with Crippen LogP contribution in [0.5, 0.6) is 0 Å². The van der Waals surface area contributed by atoms with Gasteiger partial charge in [-0.2, -0.15) is 0 Å². The summed E-state index contributed by atoms with van der Waals surface area (Å²) >= 11 is 0. The zero-order valence-corrected chi connectivity index (χ0v) is 15.0. The minimum Gasteiger partial charge on any atom is -0.350 e. The first kappa shape index (κ1) is 17.2. The Morgan fingerprint density at radius 3 is 2.60 bits per heavy atom. The third-order valence-electron chi connectivity index (χ3n) is 4.43. The van der Waals surface area contributed by atoms with Crippen molar-refractivity contribution in [3.05, 3.63) is 65.5 Å². The third kappa shape index (κ3) is 4.27. The predicted octanol–water partition coefficient (Wildman–Crippen LogP) is 4.50. The lowest BCUT2D eigenvalue weighted by Crippen LogP contribution is -2.26. The maximum absolute atomic E-state index is 12.2. The van der Waals surface area contributed by atoms with E-state index >= 15 is 0 Å². The van der Waals surface area contributed by atoms with Gasteiger partial charge in [-0.3, -0.25) is 4.79 Å². The van der Waals surface area contributed by atoms with Gasteiger partial charge in [0.2, 0.25) is 5.91 Å². The molecular formula is C21H25N3O. The van der Waals surface area contributed by atoms with E-state index in [1.807, 2.05) is 43.3 Å². The van der Waals surface area contributed by atoms with E-state index < -0.39 is 0 Å². The quantitative estimate of drug-likeness (QED) is 0.697. The molecule has 0 fully saturated rings. The predicted molar refractivity (Wildman–Crippen MR) is 102 cm³/mol. The van der Waals surface area contributed by atoms with Gasteiger partial charge in [-0.05, 0) is 36.6 Å². The number of rotatable bonds is 6. The lowest BCUT2D eigenvalue weighted by Gasteiger charge is -2.14. The molecule has 1 aromatic heterocycles. The molecule has 1 heterocycles. The number of hydrogen-bond donors (Lipinski definition) is 2. The van der Waals surface area contributed by atoms with Crippen molar-refractivity contribution in [3.8, 4) is 0 Å². The molecule has 0 bridgehead atoms. The average molecular weight is 335 g/mol. The molecule has 3 aromatic rings. The number of carbonyl (C=O) groups excluding carboxylic acids is 1. The standard InChI is InChI=1S/C21H25N3O/c1-14(2)21-23-18-11-9-16(13-19(18)24-21)10-12-20(25)22-15(3)17-7-5-4-6-8-17/h4-9,11,13-15H,10,12H2,1-3H3,(H,22,25)(H,23,24). The monoisotopic (exact) mass is 335 g/mol. The van der Waals surface area contributed by atoms with Crippen LogP contribution in [0.15, 0.2) is 48.5 Å². The fraction of sp³-hybridized carbons (Fsp3) is 0.333. The molecular weight excluding hydrogens is 310 g/mol. The highest BCUT2D eigenvalue weighted by Gasteiger charge is 2.10. The normalized spacial score (nSPS) is 12.5. The number of carbonyl (C=O) groups is 1. The van der Waals surface area contributed by atoms with Crippen LogP contribution in [0, 0.1) is 0 Å². The fourth-order valence-electron chi connectivity index (χ4n) is 2.90. The number of nitrogens with zero attached hydrogens (tertiary/aromatic N) is 1. The molecule has 0 aliphatic heterocycles.